The number of esters is 1. The second-order valence-corrected chi connectivity index (χ2v) is 6.30. The minimum atomic E-state index is -0.405. The SMILES string of the molecule is COc1cc(/C=C/C(=O)N[C@H]2CC[C@H](C)CC2)ccc1OC(C)=O. The van der Waals surface area contributed by atoms with Gasteiger partial charge in [-0.05, 0) is 55.4 Å². The lowest BCUT2D eigenvalue weighted by molar-refractivity contribution is -0.132. The molecule has 1 aromatic rings. The first-order chi connectivity index (χ1) is 11.5. The van der Waals surface area contributed by atoms with Crippen LogP contribution in [0.1, 0.15) is 45.1 Å². The zero-order valence-electron chi connectivity index (χ0n) is 14.5. The minimum absolute atomic E-state index is 0.0856. The molecule has 1 fully saturated rings. The average molecular weight is 331 g/mol. The number of ether oxygens (including phenoxy) is 2. The van der Waals surface area contributed by atoms with E-state index >= 15 is 0 Å². The fourth-order valence-electron chi connectivity index (χ4n) is 2.85. The van der Waals surface area contributed by atoms with E-state index < -0.39 is 5.97 Å². The van der Waals surface area contributed by atoms with Crippen LogP contribution in [0.5, 0.6) is 11.5 Å². The van der Waals surface area contributed by atoms with Gasteiger partial charge in [-0.3, -0.25) is 9.59 Å². The summed E-state index contributed by atoms with van der Waals surface area (Å²) >= 11 is 0. The molecule has 130 valence electrons. The van der Waals surface area contributed by atoms with Crippen molar-refractivity contribution in [3.8, 4) is 11.5 Å². The van der Waals surface area contributed by atoms with Crippen molar-refractivity contribution in [3.05, 3.63) is 29.8 Å². The van der Waals surface area contributed by atoms with E-state index in [2.05, 4.69) is 12.2 Å². The van der Waals surface area contributed by atoms with Gasteiger partial charge in [0.05, 0.1) is 7.11 Å². The molecular formula is C19H25NO4. The van der Waals surface area contributed by atoms with E-state index in [9.17, 15) is 9.59 Å². The molecular weight excluding hydrogens is 306 g/mol. The highest BCUT2D eigenvalue weighted by atomic mass is 16.6. The lowest BCUT2D eigenvalue weighted by Gasteiger charge is -2.26. The van der Waals surface area contributed by atoms with Gasteiger partial charge < -0.3 is 14.8 Å². The molecule has 0 saturated heterocycles. The van der Waals surface area contributed by atoms with E-state index in [4.69, 9.17) is 9.47 Å². The maximum atomic E-state index is 12.0. The molecule has 1 aromatic carbocycles. The molecule has 0 heterocycles. The maximum Gasteiger partial charge on any atom is 0.308 e. The second kappa shape index (κ2) is 8.52. The molecule has 1 aliphatic rings. The van der Waals surface area contributed by atoms with Gasteiger partial charge in [-0.25, -0.2) is 0 Å². The summed E-state index contributed by atoms with van der Waals surface area (Å²) in [6, 6.07) is 5.43. The fraction of sp³-hybridized carbons (Fsp3) is 0.474. The summed E-state index contributed by atoms with van der Waals surface area (Å²) in [7, 11) is 1.51. The van der Waals surface area contributed by atoms with Crippen LogP contribution in [0.2, 0.25) is 0 Å². The molecule has 0 radical (unpaired) electrons. The number of carbonyl (C=O) groups excluding carboxylic acids is 2. The molecule has 1 saturated carbocycles. The number of rotatable bonds is 5. The summed E-state index contributed by atoms with van der Waals surface area (Å²) in [5, 5.41) is 3.05. The normalized spacial score (nSPS) is 20.6. The Morgan fingerprint density at radius 2 is 1.88 bits per heavy atom. The fourth-order valence-corrected chi connectivity index (χ4v) is 2.85. The molecule has 0 aromatic heterocycles. The van der Waals surface area contributed by atoms with Crippen LogP contribution < -0.4 is 14.8 Å². The van der Waals surface area contributed by atoms with E-state index in [1.54, 1.807) is 24.3 Å². The highest BCUT2D eigenvalue weighted by molar-refractivity contribution is 5.92. The summed E-state index contributed by atoms with van der Waals surface area (Å²) in [5.41, 5.74) is 0.801. The molecule has 5 nitrogen and oxygen atoms in total. The Bertz CT molecular complexity index is 616. The van der Waals surface area contributed by atoms with Crippen LogP contribution >= 0.6 is 0 Å². The Balaban J connectivity index is 1.95. The molecule has 24 heavy (non-hydrogen) atoms. The van der Waals surface area contributed by atoms with Crippen molar-refractivity contribution in [1.29, 1.82) is 0 Å². The first-order valence-electron chi connectivity index (χ1n) is 8.33. The molecule has 0 unspecified atom stereocenters. The van der Waals surface area contributed by atoms with Gasteiger partial charge in [0.25, 0.3) is 0 Å². The second-order valence-electron chi connectivity index (χ2n) is 6.30. The van der Waals surface area contributed by atoms with Crippen LogP contribution in [0.15, 0.2) is 24.3 Å². The third-order valence-corrected chi connectivity index (χ3v) is 4.23. The third-order valence-electron chi connectivity index (χ3n) is 4.23. The van der Waals surface area contributed by atoms with Gasteiger partial charge in [0.1, 0.15) is 0 Å². The molecule has 1 amide bonds. The number of hydrogen-bond donors (Lipinski definition) is 1. The molecule has 1 N–H and O–H groups in total. The van der Waals surface area contributed by atoms with Crippen LogP contribution in [0.4, 0.5) is 0 Å². The monoisotopic (exact) mass is 331 g/mol. The molecule has 5 heteroatoms. The Kier molecular flexibility index (Phi) is 6.41. The largest absolute Gasteiger partial charge is 0.493 e. The van der Waals surface area contributed by atoms with Gasteiger partial charge >= 0.3 is 5.97 Å². The van der Waals surface area contributed by atoms with Gasteiger partial charge in [0, 0.05) is 19.0 Å². The minimum Gasteiger partial charge on any atom is -0.493 e. The Labute approximate surface area is 143 Å². The van der Waals surface area contributed by atoms with Crippen molar-refractivity contribution in [3.63, 3.8) is 0 Å². The number of benzene rings is 1. The predicted octanol–water partition coefficient (Wildman–Crippen LogP) is 3.33. The Hall–Kier alpha value is -2.30. The first-order valence-corrected chi connectivity index (χ1v) is 8.33. The summed E-state index contributed by atoms with van der Waals surface area (Å²) in [4.78, 5) is 23.1. The van der Waals surface area contributed by atoms with Crippen LogP contribution in [-0.2, 0) is 9.59 Å². The maximum absolute atomic E-state index is 12.0. The van der Waals surface area contributed by atoms with Crippen molar-refractivity contribution in [2.24, 2.45) is 5.92 Å². The van der Waals surface area contributed by atoms with E-state index in [1.807, 2.05) is 0 Å². The van der Waals surface area contributed by atoms with Gasteiger partial charge in [-0.15, -0.1) is 0 Å². The molecule has 0 bridgehead atoms. The molecule has 0 aliphatic heterocycles. The Morgan fingerprint density at radius 1 is 1.17 bits per heavy atom. The van der Waals surface area contributed by atoms with E-state index in [0.717, 1.165) is 24.3 Å². The standard InChI is InChI=1S/C19H25NO4/c1-13-4-8-16(9-5-13)20-19(22)11-7-15-6-10-17(24-14(2)21)18(12-15)23-3/h6-7,10-13,16H,4-5,8-9H2,1-3H3,(H,20,22)/b11-7+/t13-,16-. The molecule has 1 aliphatic carbocycles. The van der Waals surface area contributed by atoms with Crippen molar-refractivity contribution < 1.29 is 19.1 Å². The summed E-state index contributed by atoms with van der Waals surface area (Å²) < 4.78 is 10.3. The highest BCUT2D eigenvalue weighted by Gasteiger charge is 2.18. The van der Waals surface area contributed by atoms with Crippen molar-refractivity contribution in [2.75, 3.05) is 7.11 Å². The molecule has 0 spiro atoms. The van der Waals surface area contributed by atoms with Crippen molar-refractivity contribution >= 4 is 18.0 Å². The van der Waals surface area contributed by atoms with Gasteiger partial charge in [0.15, 0.2) is 11.5 Å². The number of nitrogens with one attached hydrogen (secondary N) is 1. The van der Waals surface area contributed by atoms with Crippen LogP contribution in [0, 0.1) is 5.92 Å². The highest BCUT2D eigenvalue weighted by Crippen LogP contribution is 2.28. The first kappa shape index (κ1) is 18.0. The average Bonchev–Trinajstić information content (AvgIpc) is 2.55. The Morgan fingerprint density at radius 3 is 2.50 bits per heavy atom. The number of amides is 1. The topological polar surface area (TPSA) is 64.6 Å². The van der Waals surface area contributed by atoms with Crippen molar-refractivity contribution in [1.82, 2.24) is 5.32 Å². The van der Waals surface area contributed by atoms with Crippen LogP contribution in [-0.4, -0.2) is 25.0 Å². The van der Waals surface area contributed by atoms with Gasteiger partial charge in [0.2, 0.25) is 5.91 Å². The van der Waals surface area contributed by atoms with Crippen molar-refractivity contribution in [2.45, 2.75) is 45.6 Å². The van der Waals surface area contributed by atoms with Gasteiger partial charge in [-0.1, -0.05) is 13.0 Å². The summed E-state index contributed by atoms with van der Waals surface area (Å²) in [6.45, 7) is 3.59. The summed E-state index contributed by atoms with van der Waals surface area (Å²) in [5.74, 6) is 1.09. The zero-order valence-corrected chi connectivity index (χ0v) is 14.5. The lowest BCUT2D eigenvalue weighted by atomic mass is 9.87. The van der Waals surface area contributed by atoms with Crippen LogP contribution in [0.25, 0.3) is 6.08 Å². The zero-order chi connectivity index (χ0) is 17.5. The van der Waals surface area contributed by atoms with E-state index in [1.165, 1.54) is 33.0 Å². The van der Waals surface area contributed by atoms with Crippen LogP contribution in [0.3, 0.4) is 0 Å². The van der Waals surface area contributed by atoms with Gasteiger partial charge in [-0.2, -0.15) is 0 Å². The molecule has 2 rings (SSSR count). The number of carbonyl (C=O) groups is 2. The third kappa shape index (κ3) is 5.41. The molecule has 0 atom stereocenters. The summed E-state index contributed by atoms with van der Waals surface area (Å²) in [6.07, 6.45) is 7.68. The number of hydrogen-bond acceptors (Lipinski definition) is 4. The quantitative estimate of drug-likeness (QED) is 0.511. The van der Waals surface area contributed by atoms with E-state index in [0.29, 0.717) is 11.5 Å². The van der Waals surface area contributed by atoms with E-state index in [-0.39, 0.29) is 11.9 Å². The predicted molar refractivity (Wildman–Crippen MR) is 92.9 cm³/mol. The smallest absolute Gasteiger partial charge is 0.308 e. The number of methoxy groups -OCH3 is 1. The lowest BCUT2D eigenvalue weighted by Crippen LogP contribution is -2.36.